The van der Waals surface area contributed by atoms with E-state index in [1.54, 1.807) is 28.4 Å². The Kier molecular flexibility index (Phi) is 10.8. The normalized spacial score (nSPS) is 12.6. The fourth-order valence-corrected chi connectivity index (χ4v) is 9.33. The van der Waals surface area contributed by atoms with E-state index >= 15 is 0 Å². The molecule has 64 heavy (non-hydrogen) atoms. The smallest absolute Gasteiger partial charge is 0.123 e. The van der Waals surface area contributed by atoms with Crippen molar-refractivity contribution in [3.63, 3.8) is 0 Å². The van der Waals surface area contributed by atoms with Crippen molar-refractivity contribution in [3.05, 3.63) is 142 Å². The molecule has 9 rings (SSSR count). The number of aromatic nitrogens is 4. The summed E-state index contributed by atoms with van der Waals surface area (Å²) in [6.45, 7) is 17.5. The topological polar surface area (TPSA) is 94.3 Å². The Labute approximate surface area is 375 Å². The van der Waals surface area contributed by atoms with E-state index in [1.807, 2.05) is 12.1 Å². The number of fused-ring (bicyclic) bond motifs is 8. The molecule has 3 aromatic heterocycles. The van der Waals surface area contributed by atoms with Gasteiger partial charge in [-0.1, -0.05) is 60.7 Å². The molecular formula is C56H54N4O4. The first kappa shape index (κ1) is 42.0. The number of allylic oxidation sites excluding steroid dienone is 4. The minimum absolute atomic E-state index is 0.690. The molecule has 0 saturated heterocycles. The van der Waals surface area contributed by atoms with E-state index in [0.29, 0.717) is 23.0 Å². The second kappa shape index (κ2) is 16.4. The van der Waals surface area contributed by atoms with Crippen LogP contribution in [0.3, 0.4) is 0 Å². The van der Waals surface area contributed by atoms with Gasteiger partial charge < -0.3 is 28.9 Å². The van der Waals surface area contributed by atoms with E-state index in [0.717, 1.165) is 134 Å². The molecule has 0 spiro atoms. The van der Waals surface area contributed by atoms with Gasteiger partial charge in [0.2, 0.25) is 0 Å². The molecule has 0 saturated carbocycles. The van der Waals surface area contributed by atoms with Crippen molar-refractivity contribution in [2.45, 2.75) is 55.4 Å². The highest BCUT2D eigenvalue weighted by atomic mass is 16.5. The molecule has 0 atom stereocenters. The molecule has 0 radical (unpaired) electrons. The molecule has 322 valence electrons. The zero-order valence-corrected chi connectivity index (χ0v) is 38.8. The highest BCUT2D eigenvalue weighted by Gasteiger charge is 2.29. The monoisotopic (exact) mass is 846 g/mol. The highest BCUT2D eigenvalue weighted by molar-refractivity contribution is 6.08. The van der Waals surface area contributed by atoms with Gasteiger partial charge in [0.1, 0.15) is 23.0 Å². The third kappa shape index (κ3) is 6.76. The van der Waals surface area contributed by atoms with Gasteiger partial charge in [-0.15, -0.1) is 0 Å². The molecule has 0 unspecified atom stereocenters. The van der Waals surface area contributed by atoms with Gasteiger partial charge >= 0.3 is 0 Å². The van der Waals surface area contributed by atoms with Crippen molar-refractivity contribution in [2.75, 3.05) is 28.4 Å². The van der Waals surface area contributed by atoms with Crippen LogP contribution in [-0.2, 0) is 0 Å². The van der Waals surface area contributed by atoms with Gasteiger partial charge in [0.25, 0.3) is 0 Å². The van der Waals surface area contributed by atoms with Gasteiger partial charge in [-0.2, -0.15) is 0 Å². The summed E-state index contributed by atoms with van der Waals surface area (Å²) in [7, 11) is 6.76. The average molecular weight is 847 g/mol. The fraction of sp³-hybridized carbons (Fsp3) is 0.214. The number of nitrogens with zero attached hydrogens (tertiary/aromatic N) is 2. The Hall–Kier alpha value is -7.32. The summed E-state index contributed by atoms with van der Waals surface area (Å²) in [6.07, 6.45) is 0. The first-order valence-electron chi connectivity index (χ1n) is 21.6. The summed E-state index contributed by atoms with van der Waals surface area (Å²) in [5.74, 6) is 2.76. The van der Waals surface area contributed by atoms with Crippen molar-refractivity contribution in [1.82, 2.24) is 19.9 Å². The lowest BCUT2D eigenvalue weighted by Gasteiger charge is -2.12. The summed E-state index contributed by atoms with van der Waals surface area (Å²) in [5.41, 5.74) is 24.1. The minimum atomic E-state index is 0.690. The number of aromatic amines is 2. The molecule has 0 amide bonds. The first-order chi connectivity index (χ1) is 30.9. The zero-order chi connectivity index (χ0) is 45.1. The van der Waals surface area contributed by atoms with Crippen LogP contribution < -0.4 is 18.9 Å². The summed E-state index contributed by atoms with van der Waals surface area (Å²) in [5, 5.41) is 0. The lowest BCUT2D eigenvalue weighted by atomic mass is 9.94. The van der Waals surface area contributed by atoms with Gasteiger partial charge in [-0.3, -0.25) is 0 Å². The number of hydrogen-bond donors (Lipinski definition) is 2. The molecule has 2 N–H and O–H groups in total. The van der Waals surface area contributed by atoms with Crippen LogP contribution in [-0.4, -0.2) is 48.4 Å². The number of hydrogen-bond acceptors (Lipinski definition) is 6. The van der Waals surface area contributed by atoms with Crippen LogP contribution in [0, 0.1) is 27.7 Å². The third-order valence-electron chi connectivity index (χ3n) is 13.5. The predicted molar refractivity (Wildman–Crippen MR) is 264 cm³/mol. The Morgan fingerprint density at radius 3 is 0.828 bits per heavy atom. The van der Waals surface area contributed by atoms with Crippen LogP contribution in [0.15, 0.2) is 97.1 Å². The van der Waals surface area contributed by atoms with Crippen LogP contribution >= 0.6 is 0 Å². The van der Waals surface area contributed by atoms with Crippen molar-refractivity contribution in [2.24, 2.45) is 0 Å². The Balaban J connectivity index is 1.63. The van der Waals surface area contributed by atoms with E-state index in [4.69, 9.17) is 28.9 Å². The SMILES string of the molecule is COc1cc(OC)cc(-c2c3nc(c(-c4ccccc4)c4[nH]c(c(C)c4C)c(-c4cc(OC)cc(OC)c4)c4nc(c(-c5ccccc5)c5[nH]c2c(C)c5C)C(C)=C4C)C(C)=C3C)c1. The second-order valence-corrected chi connectivity index (χ2v) is 16.8. The molecule has 7 aromatic rings. The molecule has 2 aliphatic heterocycles. The molecule has 2 aliphatic rings. The summed E-state index contributed by atoms with van der Waals surface area (Å²) in [4.78, 5) is 19.6. The third-order valence-corrected chi connectivity index (χ3v) is 13.5. The van der Waals surface area contributed by atoms with Crippen LogP contribution in [0.25, 0.3) is 88.9 Å². The van der Waals surface area contributed by atoms with Crippen LogP contribution in [0.2, 0.25) is 0 Å². The molecule has 0 aliphatic carbocycles. The van der Waals surface area contributed by atoms with Gasteiger partial charge in [0, 0.05) is 34.4 Å². The Morgan fingerprint density at radius 1 is 0.328 bits per heavy atom. The Bertz CT molecular complexity index is 3010. The van der Waals surface area contributed by atoms with Crippen molar-refractivity contribution >= 4 is 44.4 Å². The van der Waals surface area contributed by atoms with Crippen LogP contribution in [0.1, 0.15) is 72.7 Å². The van der Waals surface area contributed by atoms with E-state index in [9.17, 15) is 0 Å². The molecular weight excluding hydrogens is 793 g/mol. The number of benzene rings is 4. The first-order valence-corrected chi connectivity index (χ1v) is 21.6. The van der Waals surface area contributed by atoms with Crippen molar-refractivity contribution < 1.29 is 18.9 Å². The molecule has 8 bridgehead atoms. The van der Waals surface area contributed by atoms with Crippen molar-refractivity contribution in [1.29, 1.82) is 0 Å². The number of aryl methyl sites for hydroxylation is 4. The van der Waals surface area contributed by atoms with E-state index < -0.39 is 0 Å². The quantitative estimate of drug-likeness (QED) is 0.158. The maximum absolute atomic E-state index is 5.90. The van der Waals surface area contributed by atoms with Gasteiger partial charge in [0.05, 0.1) is 73.3 Å². The van der Waals surface area contributed by atoms with E-state index in [-0.39, 0.29) is 0 Å². The van der Waals surface area contributed by atoms with Crippen molar-refractivity contribution in [3.8, 4) is 67.5 Å². The maximum atomic E-state index is 5.90. The molecule has 0 fully saturated rings. The van der Waals surface area contributed by atoms with Crippen LogP contribution in [0.5, 0.6) is 23.0 Å². The average Bonchev–Trinajstić information content (AvgIpc) is 3.98. The standard InChI is InChI=1S/C56H54N4O4/c1-29-33(5)53-47(39-23-41(61-9)27-42(24-39)62-10)54-35(7)31(3)51(59-54)46(38-21-17-14-18-22-38)52-32(4)36(8)56(60-52)48(40-25-43(63-11)28-44(26-40)64-12)55-34(6)30(2)50(58-55)45(49(29)57-53)37-19-15-13-16-20-37/h13-28,57,60H,1-12H3. The molecule has 8 nitrogen and oxygen atoms in total. The number of ether oxygens (including phenoxy) is 4. The summed E-state index contributed by atoms with van der Waals surface area (Å²) in [6, 6.07) is 33.3. The van der Waals surface area contributed by atoms with Gasteiger partial charge in [-0.25, -0.2) is 9.97 Å². The summed E-state index contributed by atoms with van der Waals surface area (Å²) >= 11 is 0. The van der Waals surface area contributed by atoms with Gasteiger partial charge in [0.15, 0.2) is 0 Å². The number of rotatable bonds is 8. The van der Waals surface area contributed by atoms with Crippen LogP contribution in [0.4, 0.5) is 0 Å². The zero-order valence-electron chi connectivity index (χ0n) is 38.8. The number of methoxy groups -OCH3 is 4. The molecule has 5 heterocycles. The predicted octanol–water partition coefficient (Wildman–Crippen LogP) is 14.2. The van der Waals surface area contributed by atoms with Gasteiger partial charge in [-0.05, 0) is 146 Å². The van der Waals surface area contributed by atoms with E-state index in [1.165, 1.54) is 0 Å². The lowest BCUT2D eigenvalue weighted by Crippen LogP contribution is -1.94. The Morgan fingerprint density at radius 2 is 0.578 bits per heavy atom. The number of nitrogens with one attached hydrogen (secondary N) is 2. The highest BCUT2D eigenvalue weighted by Crippen LogP contribution is 2.48. The largest absolute Gasteiger partial charge is 0.497 e. The van der Waals surface area contributed by atoms with E-state index in [2.05, 4.69) is 150 Å². The minimum Gasteiger partial charge on any atom is -0.497 e. The molecule has 8 heteroatoms. The summed E-state index contributed by atoms with van der Waals surface area (Å²) < 4.78 is 23.6. The lowest BCUT2D eigenvalue weighted by molar-refractivity contribution is 0.394. The number of H-pyrrole nitrogens is 2. The fourth-order valence-electron chi connectivity index (χ4n) is 9.33. The maximum Gasteiger partial charge on any atom is 0.123 e. The molecule has 4 aromatic carbocycles. The second-order valence-electron chi connectivity index (χ2n) is 16.8.